The molecule has 2 aromatic carbocycles. The standard InChI is InChI=1S/C16H21NO/c1-16(2,3)15(17)14-12-8-6-5-7-11(12)9-10-13(14)18-4/h5-10,15H,17H2,1-4H3/t15-/m0/s1. The smallest absolute Gasteiger partial charge is 0.124 e. The van der Waals surface area contributed by atoms with Gasteiger partial charge in [0.25, 0.3) is 0 Å². The van der Waals surface area contributed by atoms with Crippen molar-refractivity contribution in [3.05, 3.63) is 42.0 Å². The van der Waals surface area contributed by atoms with Crippen molar-refractivity contribution >= 4 is 10.8 Å². The summed E-state index contributed by atoms with van der Waals surface area (Å²) in [7, 11) is 1.70. The molecule has 2 heteroatoms. The predicted molar refractivity (Wildman–Crippen MR) is 76.9 cm³/mol. The van der Waals surface area contributed by atoms with Gasteiger partial charge in [-0.05, 0) is 22.3 Å². The van der Waals surface area contributed by atoms with Crippen LogP contribution in [0.2, 0.25) is 0 Å². The third-order valence-electron chi connectivity index (χ3n) is 3.39. The van der Waals surface area contributed by atoms with E-state index in [1.807, 2.05) is 18.2 Å². The molecule has 0 unspecified atom stereocenters. The molecule has 2 aromatic rings. The van der Waals surface area contributed by atoms with E-state index in [0.29, 0.717) is 0 Å². The average molecular weight is 243 g/mol. The maximum atomic E-state index is 6.43. The molecule has 0 amide bonds. The van der Waals surface area contributed by atoms with Crippen LogP contribution in [0.25, 0.3) is 10.8 Å². The third kappa shape index (κ3) is 2.21. The van der Waals surface area contributed by atoms with Gasteiger partial charge >= 0.3 is 0 Å². The largest absolute Gasteiger partial charge is 0.496 e. The van der Waals surface area contributed by atoms with E-state index in [1.54, 1.807) is 7.11 Å². The van der Waals surface area contributed by atoms with Crippen LogP contribution in [-0.4, -0.2) is 7.11 Å². The van der Waals surface area contributed by atoms with Crippen LogP contribution in [0.3, 0.4) is 0 Å². The number of fused-ring (bicyclic) bond motifs is 1. The third-order valence-corrected chi connectivity index (χ3v) is 3.39. The highest BCUT2D eigenvalue weighted by molar-refractivity contribution is 5.88. The maximum Gasteiger partial charge on any atom is 0.124 e. The number of benzene rings is 2. The monoisotopic (exact) mass is 243 g/mol. The summed E-state index contributed by atoms with van der Waals surface area (Å²) >= 11 is 0. The zero-order chi connectivity index (χ0) is 13.3. The van der Waals surface area contributed by atoms with E-state index in [0.717, 1.165) is 11.3 Å². The Morgan fingerprint density at radius 3 is 2.33 bits per heavy atom. The zero-order valence-electron chi connectivity index (χ0n) is 11.5. The van der Waals surface area contributed by atoms with Crippen LogP contribution >= 0.6 is 0 Å². The summed E-state index contributed by atoms with van der Waals surface area (Å²) in [6.45, 7) is 6.46. The number of nitrogens with two attached hydrogens (primary N) is 1. The van der Waals surface area contributed by atoms with Crippen LogP contribution in [0.15, 0.2) is 36.4 Å². The first-order valence-electron chi connectivity index (χ1n) is 6.26. The first-order chi connectivity index (χ1) is 8.45. The number of hydrogen-bond acceptors (Lipinski definition) is 2. The molecule has 2 N–H and O–H groups in total. The molecule has 0 aromatic heterocycles. The molecule has 18 heavy (non-hydrogen) atoms. The van der Waals surface area contributed by atoms with E-state index >= 15 is 0 Å². The minimum atomic E-state index is -0.0569. The number of ether oxygens (including phenoxy) is 1. The second-order valence-electron chi connectivity index (χ2n) is 5.75. The van der Waals surface area contributed by atoms with Crippen molar-refractivity contribution in [3.8, 4) is 5.75 Å². The Balaban J connectivity index is 2.72. The lowest BCUT2D eigenvalue weighted by molar-refractivity contribution is 0.316. The fraction of sp³-hybridized carbons (Fsp3) is 0.375. The molecule has 0 aliphatic carbocycles. The van der Waals surface area contributed by atoms with Gasteiger partial charge in [-0.15, -0.1) is 0 Å². The summed E-state index contributed by atoms with van der Waals surface area (Å²) in [6, 6.07) is 12.3. The summed E-state index contributed by atoms with van der Waals surface area (Å²) in [5.41, 5.74) is 7.53. The molecule has 0 aliphatic rings. The van der Waals surface area contributed by atoms with E-state index in [-0.39, 0.29) is 11.5 Å². The summed E-state index contributed by atoms with van der Waals surface area (Å²) in [5, 5.41) is 2.38. The van der Waals surface area contributed by atoms with Crippen molar-refractivity contribution in [2.24, 2.45) is 11.1 Å². The van der Waals surface area contributed by atoms with Crippen molar-refractivity contribution in [1.82, 2.24) is 0 Å². The van der Waals surface area contributed by atoms with E-state index in [2.05, 4.69) is 39.0 Å². The fourth-order valence-corrected chi connectivity index (χ4v) is 2.21. The lowest BCUT2D eigenvalue weighted by Crippen LogP contribution is -2.27. The zero-order valence-corrected chi connectivity index (χ0v) is 11.5. The van der Waals surface area contributed by atoms with Crippen molar-refractivity contribution in [2.45, 2.75) is 26.8 Å². The van der Waals surface area contributed by atoms with Crippen molar-refractivity contribution in [2.75, 3.05) is 7.11 Å². The van der Waals surface area contributed by atoms with Gasteiger partial charge in [-0.1, -0.05) is 51.1 Å². The lowest BCUT2D eigenvalue weighted by Gasteiger charge is -2.29. The van der Waals surface area contributed by atoms with Crippen LogP contribution in [0.4, 0.5) is 0 Å². The molecule has 2 nitrogen and oxygen atoms in total. The van der Waals surface area contributed by atoms with Gasteiger partial charge in [-0.2, -0.15) is 0 Å². The molecular formula is C16H21NO. The van der Waals surface area contributed by atoms with Crippen LogP contribution in [0.1, 0.15) is 32.4 Å². The van der Waals surface area contributed by atoms with Gasteiger partial charge in [0.2, 0.25) is 0 Å². The van der Waals surface area contributed by atoms with E-state index < -0.39 is 0 Å². The van der Waals surface area contributed by atoms with Crippen LogP contribution in [-0.2, 0) is 0 Å². The van der Waals surface area contributed by atoms with Crippen LogP contribution < -0.4 is 10.5 Å². The summed E-state index contributed by atoms with van der Waals surface area (Å²) in [5.74, 6) is 0.871. The molecule has 0 heterocycles. The second kappa shape index (κ2) is 4.62. The Morgan fingerprint density at radius 1 is 1.06 bits per heavy atom. The normalized spacial score (nSPS) is 13.6. The Hall–Kier alpha value is -1.54. The van der Waals surface area contributed by atoms with E-state index in [9.17, 15) is 0 Å². The SMILES string of the molecule is COc1ccc2ccccc2c1[C@H](N)C(C)(C)C. The van der Waals surface area contributed by atoms with E-state index in [1.165, 1.54) is 10.8 Å². The molecular weight excluding hydrogens is 222 g/mol. The van der Waals surface area contributed by atoms with Gasteiger partial charge in [-0.25, -0.2) is 0 Å². The topological polar surface area (TPSA) is 35.2 Å². The number of hydrogen-bond donors (Lipinski definition) is 1. The first-order valence-corrected chi connectivity index (χ1v) is 6.26. The highest BCUT2D eigenvalue weighted by Gasteiger charge is 2.26. The Kier molecular flexibility index (Phi) is 3.31. The summed E-state index contributed by atoms with van der Waals surface area (Å²) in [4.78, 5) is 0. The quantitative estimate of drug-likeness (QED) is 0.868. The van der Waals surface area contributed by atoms with Crippen molar-refractivity contribution < 1.29 is 4.74 Å². The van der Waals surface area contributed by atoms with E-state index in [4.69, 9.17) is 10.5 Å². The Labute approximate surface area is 109 Å². The summed E-state index contributed by atoms with van der Waals surface area (Å²) in [6.07, 6.45) is 0. The Bertz CT molecular complexity index is 555. The number of methoxy groups -OCH3 is 1. The first kappa shape index (κ1) is 12.9. The fourth-order valence-electron chi connectivity index (χ4n) is 2.21. The van der Waals surface area contributed by atoms with Crippen LogP contribution in [0.5, 0.6) is 5.75 Å². The molecule has 0 saturated heterocycles. The molecule has 0 bridgehead atoms. The minimum Gasteiger partial charge on any atom is -0.496 e. The maximum absolute atomic E-state index is 6.43. The molecule has 0 fully saturated rings. The molecule has 1 atom stereocenters. The van der Waals surface area contributed by atoms with Gasteiger partial charge in [0.05, 0.1) is 7.11 Å². The van der Waals surface area contributed by atoms with Gasteiger partial charge in [0.1, 0.15) is 5.75 Å². The lowest BCUT2D eigenvalue weighted by atomic mass is 9.81. The molecule has 0 spiro atoms. The highest BCUT2D eigenvalue weighted by Crippen LogP contribution is 2.39. The van der Waals surface area contributed by atoms with Crippen molar-refractivity contribution in [3.63, 3.8) is 0 Å². The minimum absolute atomic E-state index is 0.00257. The van der Waals surface area contributed by atoms with Gasteiger partial charge in [-0.3, -0.25) is 0 Å². The average Bonchev–Trinajstić information content (AvgIpc) is 2.35. The molecule has 0 aliphatic heterocycles. The number of rotatable bonds is 2. The van der Waals surface area contributed by atoms with Gasteiger partial charge in [0, 0.05) is 11.6 Å². The van der Waals surface area contributed by atoms with Gasteiger partial charge in [0.15, 0.2) is 0 Å². The molecule has 0 saturated carbocycles. The highest BCUT2D eigenvalue weighted by atomic mass is 16.5. The van der Waals surface area contributed by atoms with Crippen LogP contribution in [0, 0.1) is 5.41 Å². The predicted octanol–water partition coefficient (Wildman–Crippen LogP) is 3.89. The second-order valence-corrected chi connectivity index (χ2v) is 5.75. The molecule has 0 radical (unpaired) electrons. The summed E-state index contributed by atoms with van der Waals surface area (Å²) < 4.78 is 5.49. The molecule has 96 valence electrons. The Morgan fingerprint density at radius 2 is 1.72 bits per heavy atom. The molecule has 2 rings (SSSR count). The van der Waals surface area contributed by atoms with Gasteiger partial charge < -0.3 is 10.5 Å². The van der Waals surface area contributed by atoms with Crippen molar-refractivity contribution in [1.29, 1.82) is 0 Å².